The Kier molecular flexibility index (Phi) is 6.44. The molecule has 0 amide bonds. The molecular formula is C9H21N3O2. The van der Waals surface area contributed by atoms with Crippen molar-refractivity contribution in [2.45, 2.75) is 6.04 Å². The van der Waals surface area contributed by atoms with Crippen molar-refractivity contribution < 1.29 is 9.90 Å². The third-order valence-corrected chi connectivity index (χ3v) is 2.07. The maximum absolute atomic E-state index is 10.7. The number of aliphatic carboxylic acids is 1. The van der Waals surface area contributed by atoms with E-state index in [-0.39, 0.29) is 0 Å². The first-order chi connectivity index (χ1) is 6.47. The highest BCUT2D eigenvalue weighted by molar-refractivity contribution is 5.73. The van der Waals surface area contributed by atoms with E-state index in [1.54, 1.807) is 7.05 Å². The summed E-state index contributed by atoms with van der Waals surface area (Å²) in [6.45, 7) is 2.34. The Bertz CT molecular complexity index is 173. The van der Waals surface area contributed by atoms with Gasteiger partial charge in [0.2, 0.25) is 0 Å². The van der Waals surface area contributed by atoms with Gasteiger partial charge in [-0.05, 0) is 28.2 Å². The van der Waals surface area contributed by atoms with Crippen LogP contribution < -0.4 is 5.32 Å². The fraction of sp³-hybridized carbons (Fsp3) is 0.889. The van der Waals surface area contributed by atoms with Crippen molar-refractivity contribution in [1.82, 2.24) is 15.1 Å². The van der Waals surface area contributed by atoms with E-state index >= 15 is 0 Å². The predicted octanol–water partition coefficient (Wildman–Crippen LogP) is -0.848. The number of hydrogen-bond acceptors (Lipinski definition) is 4. The number of carboxylic acid groups (broad SMARTS) is 1. The Morgan fingerprint density at radius 3 is 2.29 bits per heavy atom. The van der Waals surface area contributed by atoms with Gasteiger partial charge in [-0.2, -0.15) is 0 Å². The van der Waals surface area contributed by atoms with Crippen molar-refractivity contribution in [2.75, 3.05) is 47.8 Å². The van der Waals surface area contributed by atoms with E-state index in [1.807, 2.05) is 26.0 Å². The zero-order valence-electron chi connectivity index (χ0n) is 9.45. The number of rotatable bonds is 7. The summed E-state index contributed by atoms with van der Waals surface area (Å²) >= 11 is 0. The molecule has 0 aromatic rings. The molecule has 2 N–H and O–H groups in total. The molecule has 5 heteroatoms. The molecule has 0 fully saturated rings. The molecule has 0 aliphatic carbocycles. The average molecular weight is 203 g/mol. The molecule has 0 aliphatic heterocycles. The van der Waals surface area contributed by atoms with Crippen molar-refractivity contribution in [1.29, 1.82) is 0 Å². The van der Waals surface area contributed by atoms with Crippen LogP contribution in [-0.4, -0.2) is 74.7 Å². The van der Waals surface area contributed by atoms with Crippen molar-refractivity contribution in [3.05, 3.63) is 0 Å². The van der Waals surface area contributed by atoms with Crippen LogP contribution in [0.5, 0.6) is 0 Å². The van der Waals surface area contributed by atoms with Gasteiger partial charge in [-0.25, -0.2) is 0 Å². The average Bonchev–Trinajstić information content (AvgIpc) is 2.10. The first-order valence-electron chi connectivity index (χ1n) is 4.70. The molecular weight excluding hydrogens is 182 g/mol. The van der Waals surface area contributed by atoms with Gasteiger partial charge in [0.1, 0.15) is 6.04 Å². The molecule has 0 aliphatic rings. The van der Waals surface area contributed by atoms with Crippen molar-refractivity contribution in [3.8, 4) is 0 Å². The molecule has 0 rings (SSSR count). The van der Waals surface area contributed by atoms with Gasteiger partial charge < -0.3 is 20.2 Å². The van der Waals surface area contributed by atoms with Crippen LogP contribution in [-0.2, 0) is 4.79 Å². The lowest BCUT2D eigenvalue weighted by molar-refractivity contribution is -0.139. The maximum atomic E-state index is 10.7. The van der Waals surface area contributed by atoms with E-state index < -0.39 is 12.0 Å². The lowest BCUT2D eigenvalue weighted by Gasteiger charge is -2.22. The Morgan fingerprint density at radius 2 is 1.93 bits per heavy atom. The van der Waals surface area contributed by atoms with Gasteiger partial charge in [-0.3, -0.25) is 4.79 Å². The van der Waals surface area contributed by atoms with E-state index in [9.17, 15) is 4.79 Å². The topological polar surface area (TPSA) is 55.8 Å². The third kappa shape index (κ3) is 5.90. The van der Waals surface area contributed by atoms with E-state index in [1.165, 1.54) is 0 Å². The minimum absolute atomic E-state index is 0.484. The molecule has 0 saturated heterocycles. The third-order valence-electron chi connectivity index (χ3n) is 2.07. The van der Waals surface area contributed by atoms with Crippen LogP contribution in [0.15, 0.2) is 0 Å². The van der Waals surface area contributed by atoms with E-state index in [4.69, 9.17) is 5.11 Å². The summed E-state index contributed by atoms with van der Waals surface area (Å²) in [5.74, 6) is -0.802. The predicted molar refractivity (Wildman–Crippen MR) is 56.5 cm³/mol. The zero-order chi connectivity index (χ0) is 11.1. The quantitative estimate of drug-likeness (QED) is 0.564. The first kappa shape index (κ1) is 13.4. The van der Waals surface area contributed by atoms with Gasteiger partial charge in [-0.15, -0.1) is 0 Å². The fourth-order valence-corrected chi connectivity index (χ4v) is 1.07. The highest BCUT2D eigenvalue weighted by atomic mass is 16.4. The van der Waals surface area contributed by atoms with Crippen molar-refractivity contribution in [3.63, 3.8) is 0 Å². The molecule has 14 heavy (non-hydrogen) atoms. The van der Waals surface area contributed by atoms with Crippen LogP contribution >= 0.6 is 0 Å². The standard InChI is InChI=1S/C9H21N3O2/c1-10-8(9(13)14)7-12(4)6-5-11(2)3/h8,10H,5-7H2,1-4H3,(H,13,14). The number of nitrogens with one attached hydrogen (secondary N) is 1. The Morgan fingerprint density at radius 1 is 1.36 bits per heavy atom. The molecule has 0 saturated carbocycles. The van der Waals surface area contributed by atoms with Crippen LogP contribution in [0.1, 0.15) is 0 Å². The number of carboxylic acids is 1. The maximum Gasteiger partial charge on any atom is 0.322 e. The van der Waals surface area contributed by atoms with Gasteiger partial charge in [0.25, 0.3) is 0 Å². The van der Waals surface area contributed by atoms with Crippen LogP contribution in [0.25, 0.3) is 0 Å². The number of carbonyl (C=O) groups is 1. The molecule has 5 nitrogen and oxygen atoms in total. The second kappa shape index (κ2) is 6.75. The highest BCUT2D eigenvalue weighted by Gasteiger charge is 2.16. The summed E-state index contributed by atoms with van der Waals surface area (Å²) in [5.41, 5.74) is 0. The molecule has 0 radical (unpaired) electrons. The summed E-state index contributed by atoms with van der Waals surface area (Å²) in [5, 5.41) is 11.6. The molecule has 1 unspecified atom stereocenters. The van der Waals surface area contributed by atoms with E-state index in [2.05, 4.69) is 10.2 Å². The second-order valence-corrected chi connectivity index (χ2v) is 3.75. The van der Waals surface area contributed by atoms with E-state index in [0.29, 0.717) is 6.54 Å². The van der Waals surface area contributed by atoms with Crippen molar-refractivity contribution in [2.24, 2.45) is 0 Å². The minimum Gasteiger partial charge on any atom is -0.480 e. The molecule has 0 spiro atoms. The normalized spacial score (nSPS) is 13.6. The fourth-order valence-electron chi connectivity index (χ4n) is 1.07. The second-order valence-electron chi connectivity index (χ2n) is 3.75. The highest BCUT2D eigenvalue weighted by Crippen LogP contribution is 1.90. The molecule has 0 aromatic heterocycles. The summed E-state index contributed by atoms with van der Waals surface area (Å²) in [7, 11) is 7.59. The summed E-state index contributed by atoms with van der Waals surface area (Å²) in [4.78, 5) is 14.8. The molecule has 0 heterocycles. The van der Waals surface area contributed by atoms with Gasteiger partial charge in [0.15, 0.2) is 0 Å². The van der Waals surface area contributed by atoms with Gasteiger partial charge in [0.05, 0.1) is 0 Å². The molecule has 84 valence electrons. The monoisotopic (exact) mass is 203 g/mol. The van der Waals surface area contributed by atoms with Gasteiger partial charge in [0, 0.05) is 19.6 Å². The largest absolute Gasteiger partial charge is 0.480 e. The summed E-state index contributed by atoms with van der Waals surface area (Å²) in [6, 6.07) is -0.484. The van der Waals surface area contributed by atoms with Gasteiger partial charge in [-0.1, -0.05) is 0 Å². The number of likely N-dealkylation sites (N-methyl/N-ethyl adjacent to an activating group) is 3. The van der Waals surface area contributed by atoms with Crippen molar-refractivity contribution >= 4 is 5.97 Å². The Balaban J connectivity index is 3.79. The van der Waals surface area contributed by atoms with Crippen LogP contribution in [0.4, 0.5) is 0 Å². The lowest BCUT2D eigenvalue weighted by Crippen LogP contribution is -2.44. The minimum atomic E-state index is -0.802. The molecule has 1 atom stereocenters. The van der Waals surface area contributed by atoms with Crippen LogP contribution in [0.2, 0.25) is 0 Å². The number of nitrogens with zero attached hydrogens (tertiary/aromatic N) is 2. The Labute approximate surface area is 85.7 Å². The first-order valence-corrected chi connectivity index (χ1v) is 4.70. The van der Waals surface area contributed by atoms with Gasteiger partial charge >= 0.3 is 5.97 Å². The Hall–Kier alpha value is -0.650. The number of hydrogen-bond donors (Lipinski definition) is 2. The lowest BCUT2D eigenvalue weighted by atomic mass is 10.3. The van der Waals surface area contributed by atoms with Crippen LogP contribution in [0.3, 0.4) is 0 Å². The smallest absolute Gasteiger partial charge is 0.322 e. The summed E-state index contributed by atoms with van der Waals surface area (Å²) < 4.78 is 0. The van der Waals surface area contributed by atoms with Crippen LogP contribution in [0, 0.1) is 0 Å². The molecule has 0 bridgehead atoms. The SMILES string of the molecule is CNC(CN(C)CCN(C)C)C(=O)O. The van der Waals surface area contributed by atoms with E-state index in [0.717, 1.165) is 13.1 Å². The zero-order valence-corrected chi connectivity index (χ0v) is 9.45. The molecule has 0 aromatic carbocycles. The summed E-state index contributed by atoms with van der Waals surface area (Å²) in [6.07, 6.45) is 0.